The number of nitrogens with one attached hydrogen (secondary N) is 1. The highest BCUT2D eigenvalue weighted by Crippen LogP contribution is 2.26. The zero-order valence-electron chi connectivity index (χ0n) is 14.5. The first-order valence-corrected chi connectivity index (χ1v) is 8.23. The number of benzene rings is 2. The van der Waals surface area contributed by atoms with Crippen LogP contribution in [0.3, 0.4) is 0 Å². The monoisotopic (exact) mass is 338 g/mol. The van der Waals surface area contributed by atoms with E-state index < -0.39 is 0 Å². The Hall–Kier alpha value is -2.79. The fourth-order valence-electron chi connectivity index (χ4n) is 2.44. The summed E-state index contributed by atoms with van der Waals surface area (Å²) in [5.74, 6) is 1.43. The first-order chi connectivity index (χ1) is 12.1. The highest BCUT2D eigenvalue weighted by molar-refractivity contribution is 6.07. The smallest absolute Gasteiger partial charge is 0.255 e. The maximum Gasteiger partial charge on any atom is 0.255 e. The lowest BCUT2D eigenvalue weighted by molar-refractivity contribution is -0.113. The molecule has 3 rings (SSSR count). The molecular formula is C20H22N2O3. The fourth-order valence-corrected chi connectivity index (χ4v) is 2.44. The van der Waals surface area contributed by atoms with Crippen molar-refractivity contribution in [3.63, 3.8) is 0 Å². The van der Waals surface area contributed by atoms with E-state index in [0.717, 1.165) is 29.3 Å². The van der Waals surface area contributed by atoms with Crippen molar-refractivity contribution in [2.75, 3.05) is 39.2 Å². The van der Waals surface area contributed by atoms with Crippen molar-refractivity contribution in [3.05, 3.63) is 59.7 Å². The summed E-state index contributed by atoms with van der Waals surface area (Å²) in [5.41, 5.74) is 2.25. The minimum Gasteiger partial charge on any atom is -0.492 e. The summed E-state index contributed by atoms with van der Waals surface area (Å²) in [6.07, 6.45) is 1.87. The Labute approximate surface area is 147 Å². The number of amides is 1. The average molecular weight is 338 g/mol. The van der Waals surface area contributed by atoms with Gasteiger partial charge in [-0.2, -0.15) is 0 Å². The van der Waals surface area contributed by atoms with Gasteiger partial charge in [-0.3, -0.25) is 4.79 Å². The van der Waals surface area contributed by atoms with Gasteiger partial charge in [-0.25, -0.2) is 0 Å². The fraction of sp³-hybridized carbons (Fsp3) is 0.250. The van der Waals surface area contributed by atoms with E-state index >= 15 is 0 Å². The van der Waals surface area contributed by atoms with Gasteiger partial charge < -0.3 is 19.7 Å². The molecule has 130 valence electrons. The van der Waals surface area contributed by atoms with Gasteiger partial charge >= 0.3 is 0 Å². The van der Waals surface area contributed by atoms with Crippen LogP contribution in [0.5, 0.6) is 11.5 Å². The third-order valence-electron chi connectivity index (χ3n) is 3.84. The molecule has 1 aliphatic rings. The number of rotatable bonds is 6. The molecule has 2 aromatic carbocycles. The molecule has 5 heteroatoms. The van der Waals surface area contributed by atoms with Gasteiger partial charge in [0.1, 0.15) is 24.7 Å². The minimum absolute atomic E-state index is 0.157. The molecule has 1 amide bonds. The summed E-state index contributed by atoms with van der Waals surface area (Å²) in [5, 5.41) is 2.89. The van der Waals surface area contributed by atoms with Crippen molar-refractivity contribution >= 4 is 17.7 Å². The maximum absolute atomic E-state index is 12.4. The predicted molar refractivity (Wildman–Crippen MR) is 99.0 cm³/mol. The zero-order valence-corrected chi connectivity index (χ0v) is 14.5. The second-order valence-electron chi connectivity index (χ2n) is 6.13. The summed E-state index contributed by atoms with van der Waals surface area (Å²) >= 11 is 0. The summed E-state index contributed by atoms with van der Waals surface area (Å²) in [6, 6.07) is 15.0. The van der Waals surface area contributed by atoms with Gasteiger partial charge in [-0.05, 0) is 50.5 Å². The molecule has 0 aliphatic carbocycles. The van der Waals surface area contributed by atoms with Crippen LogP contribution in [0.1, 0.15) is 5.56 Å². The summed E-state index contributed by atoms with van der Waals surface area (Å²) in [7, 11) is 4.01. The molecule has 1 aliphatic heterocycles. The van der Waals surface area contributed by atoms with E-state index in [4.69, 9.17) is 9.47 Å². The maximum atomic E-state index is 12.4. The summed E-state index contributed by atoms with van der Waals surface area (Å²) in [6.45, 7) is 1.75. The molecule has 2 aromatic rings. The second-order valence-corrected chi connectivity index (χ2v) is 6.13. The Kier molecular flexibility index (Phi) is 5.36. The van der Waals surface area contributed by atoms with Crippen LogP contribution < -0.4 is 14.8 Å². The molecule has 0 unspecified atom stereocenters. The third-order valence-corrected chi connectivity index (χ3v) is 3.84. The first-order valence-electron chi connectivity index (χ1n) is 8.23. The van der Waals surface area contributed by atoms with Crippen molar-refractivity contribution < 1.29 is 14.3 Å². The topological polar surface area (TPSA) is 50.8 Å². The summed E-state index contributed by atoms with van der Waals surface area (Å²) < 4.78 is 11.3. The number of ether oxygens (including phenoxy) is 2. The van der Waals surface area contributed by atoms with E-state index in [0.29, 0.717) is 12.2 Å². The number of fused-ring (bicyclic) bond motifs is 1. The highest BCUT2D eigenvalue weighted by Gasteiger charge is 2.17. The van der Waals surface area contributed by atoms with Gasteiger partial charge in [-0.1, -0.05) is 18.2 Å². The molecule has 1 N–H and O–H groups in total. The number of carbonyl (C=O) groups is 1. The first kappa shape index (κ1) is 17.0. The molecule has 5 nitrogen and oxygen atoms in total. The van der Waals surface area contributed by atoms with E-state index in [1.54, 1.807) is 0 Å². The predicted octanol–water partition coefficient (Wildman–Crippen LogP) is 3.04. The van der Waals surface area contributed by atoms with Crippen molar-refractivity contribution in [2.45, 2.75) is 0 Å². The Morgan fingerprint density at radius 3 is 2.68 bits per heavy atom. The van der Waals surface area contributed by atoms with Gasteiger partial charge in [0.2, 0.25) is 0 Å². The van der Waals surface area contributed by atoms with Crippen LogP contribution in [0, 0.1) is 0 Å². The standard InChI is InChI=1S/C20H22N2O3/c1-22(2)11-12-24-18-9-7-17(8-10-18)21-20(23)16-13-15-5-3-4-6-19(15)25-14-16/h3-10,13H,11-12,14H2,1-2H3,(H,21,23). The molecular weight excluding hydrogens is 316 g/mol. The van der Waals surface area contributed by atoms with Crippen LogP contribution in [-0.2, 0) is 4.79 Å². The third kappa shape index (κ3) is 4.61. The molecule has 0 bridgehead atoms. The van der Waals surface area contributed by atoms with Crippen LogP contribution >= 0.6 is 0 Å². The van der Waals surface area contributed by atoms with Gasteiger partial charge in [-0.15, -0.1) is 0 Å². The van der Waals surface area contributed by atoms with E-state index in [2.05, 4.69) is 10.2 Å². The van der Waals surface area contributed by atoms with Gasteiger partial charge in [0.15, 0.2) is 0 Å². The van der Waals surface area contributed by atoms with Crippen LogP contribution in [0.2, 0.25) is 0 Å². The summed E-state index contributed by atoms with van der Waals surface area (Å²) in [4.78, 5) is 14.5. The average Bonchev–Trinajstić information content (AvgIpc) is 2.62. The van der Waals surface area contributed by atoms with Crippen LogP contribution in [0.4, 0.5) is 5.69 Å². The Bertz CT molecular complexity index is 767. The van der Waals surface area contributed by atoms with Gasteiger partial charge in [0.25, 0.3) is 5.91 Å². The number of nitrogens with zero attached hydrogens (tertiary/aromatic N) is 1. The lowest BCUT2D eigenvalue weighted by atomic mass is 10.1. The van der Waals surface area contributed by atoms with Crippen LogP contribution in [0.15, 0.2) is 54.1 Å². The second kappa shape index (κ2) is 7.85. The van der Waals surface area contributed by atoms with Crippen molar-refractivity contribution in [1.82, 2.24) is 4.90 Å². The molecule has 0 radical (unpaired) electrons. The molecule has 0 aromatic heterocycles. The van der Waals surface area contributed by atoms with Crippen LogP contribution in [-0.4, -0.2) is 44.7 Å². The number of para-hydroxylation sites is 1. The minimum atomic E-state index is -0.157. The van der Waals surface area contributed by atoms with E-state index in [9.17, 15) is 4.79 Å². The molecule has 25 heavy (non-hydrogen) atoms. The molecule has 0 saturated carbocycles. The van der Waals surface area contributed by atoms with Crippen molar-refractivity contribution in [3.8, 4) is 11.5 Å². The molecule has 1 heterocycles. The largest absolute Gasteiger partial charge is 0.492 e. The van der Waals surface area contributed by atoms with Gasteiger partial charge in [0.05, 0.1) is 5.57 Å². The zero-order chi connectivity index (χ0) is 17.6. The molecule has 0 saturated heterocycles. The van der Waals surface area contributed by atoms with E-state index in [1.165, 1.54) is 0 Å². The lowest BCUT2D eigenvalue weighted by Gasteiger charge is -2.17. The Morgan fingerprint density at radius 1 is 1.16 bits per heavy atom. The van der Waals surface area contributed by atoms with Gasteiger partial charge in [0, 0.05) is 17.8 Å². The number of likely N-dealkylation sites (N-methyl/N-ethyl adjacent to an activating group) is 1. The Morgan fingerprint density at radius 2 is 1.92 bits per heavy atom. The molecule has 0 atom stereocenters. The number of hydrogen-bond donors (Lipinski definition) is 1. The van der Waals surface area contributed by atoms with E-state index in [1.807, 2.05) is 68.7 Å². The van der Waals surface area contributed by atoms with Crippen molar-refractivity contribution in [2.24, 2.45) is 0 Å². The number of anilines is 1. The highest BCUT2D eigenvalue weighted by atomic mass is 16.5. The Balaban J connectivity index is 1.59. The molecule has 0 spiro atoms. The SMILES string of the molecule is CN(C)CCOc1ccc(NC(=O)C2=Cc3ccccc3OC2)cc1. The van der Waals surface area contributed by atoms with E-state index in [-0.39, 0.29) is 12.5 Å². The quantitative estimate of drug-likeness (QED) is 0.880. The normalized spacial score (nSPS) is 12.8. The number of hydrogen-bond acceptors (Lipinski definition) is 4. The lowest BCUT2D eigenvalue weighted by Crippen LogP contribution is -2.21. The van der Waals surface area contributed by atoms with Crippen molar-refractivity contribution in [1.29, 1.82) is 0 Å². The number of carbonyl (C=O) groups excluding carboxylic acids is 1. The molecule has 0 fully saturated rings. The van der Waals surface area contributed by atoms with Crippen LogP contribution in [0.25, 0.3) is 6.08 Å².